The number of carbonyl (C=O) groups excluding carboxylic acids is 1. The molecule has 1 heteroatoms. The third-order valence-electron chi connectivity index (χ3n) is 4.11. The molecule has 1 aliphatic rings. The van der Waals surface area contributed by atoms with Gasteiger partial charge in [0.05, 0.1) is 0 Å². The number of hydrogen-bond acceptors (Lipinski definition) is 1. The van der Waals surface area contributed by atoms with Crippen LogP contribution in [0.4, 0.5) is 0 Å². The molecule has 2 atom stereocenters. The molecule has 0 radical (unpaired) electrons. The minimum absolute atomic E-state index is 0.249. The molecule has 0 spiro atoms. The zero-order valence-corrected chi connectivity index (χ0v) is 14.1. The third kappa shape index (κ3) is 7.27. The van der Waals surface area contributed by atoms with Crippen molar-refractivity contribution in [1.82, 2.24) is 0 Å². The molecule has 0 saturated carbocycles. The fourth-order valence-corrected chi connectivity index (χ4v) is 2.76. The van der Waals surface area contributed by atoms with Gasteiger partial charge in [-0.3, -0.25) is 4.79 Å². The molecule has 116 valence electrons. The largest absolute Gasteiger partial charge is 0.295 e. The van der Waals surface area contributed by atoms with Gasteiger partial charge < -0.3 is 0 Å². The molecule has 0 aromatic rings. The summed E-state index contributed by atoms with van der Waals surface area (Å²) in [4.78, 5) is 12.0. The lowest BCUT2D eigenvalue weighted by molar-refractivity contribution is -0.115. The molecule has 0 bridgehead atoms. The first-order chi connectivity index (χ1) is 9.88. The van der Waals surface area contributed by atoms with Gasteiger partial charge in [-0.1, -0.05) is 48.5 Å². The molecule has 1 aliphatic carbocycles. The summed E-state index contributed by atoms with van der Waals surface area (Å²) in [5.41, 5.74) is 3.74. The van der Waals surface area contributed by atoms with Crippen LogP contribution in [-0.4, -0.2) is 5.78 Å². The number of hydrogen-bond donors (Lipinski definition) is 0. The van der Waals surface area contributed by atoms with Gasteiger partial charge in [0.15, 0.2) is 5.78 Å². The van der Waals surface area contributed by atoms with E-state index in [9.17, 15) is 4.79 Å². The summed E-state index contributed by atoms with van der Waals surface area (Å²) >= 11 is 0. The fourth-order valence-electron chi connectivity index (χ4n) is 2.76. The van der Waals surface area contributed by atoms with E-state index in [2.05, 4.69) is 38.7 Å². The lowest BCUT2D eigenvalue weighted by Gasteiger charge is -2.21. The molecule has 1 rings (SSSR count). The highest BCUT2D eigenvalue weighted by Crippen LogP contribution is 2.27. The molecule has 0 heterocycles. The maximum Gasteiger partial charge on any atom is 0.155 e. The van der Waals surface area contributed by atoms with E-state index in [0.29, 0.717) is 18.3 Å². The van der Waals surface area contributed by atoms with Gasteiger partial charge in [-0.05, 0) is 64.4 Å². The molecule has 0 aliphatic heterocycles. The van der Waals surface area contributed by atoms with E-state index in [4.69, 9.17) is 0 Å². The van der Waals surface area contributed by atoms with Crippen molar-refractivity contribution in [2.45, 2.75) is 59.8 Å². The molecule has 0 unspecified atom stereocenters. The van der Waals surface area contributed by atoms with E-state index in [1.165, 1.54) is 11.1 Å². The van der Waals surface area contributed by atoms with Crippen LogP contribution in [-0.2, 0) is 4.79 Å². The highest BCUT2D eigenvalue weighted by molar-refractivity contribution is 5.90. The Hall–Kier alpha value is -1.37. The van der Waals surface area contributed by atoms with Crippen LogP contribution in [0.2, 0.25) is 0 Å². The Bertz CT molecular complexity index is 458. The number of carbonyl (C=O) groups is 1. The van der Waals surface area contributed by atoms with Gasteiger partial charge in [0.2, 0.25) is 0 Å². The average molecular weight is 286 g/mol. The predicted octanol–water partition coefficient (Wildman–Crippen LogP) is 5.80. The van der Waals surface area contributed by atoms with Crippen molar-refractivity contribution in [1.29, 1.82) is 0 Å². The molecule has 0 aromatic carbocycles. The van der Waals surface area contributed by atoms with Crippen molar-refractivity contribution in [2.24, 2.45) is 11.8 Å². The molecule has 1 nitrogen and oxygen atoms in total. The van der Waals surface area contributed by atoms with Crippen LogP contribution in [0.3, 0.4) is 0 Å². The quantitative estimate of drug-likeness (QED) is 0.471. The maximum atomic E-state index is 12.0. The Morgan fingerprint density at radius 1 is 1.43 bits per heavy atom. The molecular weight excluding hydrogens is 256 g/mol. The van der Waals surface area contributed by atoms with E-state index >= 15 is 0 Å². The van der Waals surface area contributed by atoms with Gasteiger partial charge >= 0.3 is 0 Å². The summed E-state index contributed by atoms with van der Waals surface area (Å²) in [6, 6.07) is 0. The highest BCUT2D eigenvalue weighted by Gasteiger charge is 2.17. The molecule has 21 heavy (non-hydrogen) atoms. The first-order valence-electron chi connectivity index (χ1n) is 8.08. The highest BCUT2D eigenvalue weighted by atomic mass is 16.1. The SMILES string of the molecule is C=C1/C=C\[C@@H]([C@H](C)CC(=O)C=C(C)C)CC/C(C)=C\CC1. The van der Waals surface area contributed by atoms with Crippen molar-refractivity contribution in [3.8, 4) is 0 Å². The van der Waals surface area contributed by atoms with Gasteiger partial charge in [0.25, 0.3) is 0 Å². The zero-order chi connectivity index (χ0) is 15.8. The topological polar surface area (TPSA) is 17.1 Å². The minimum atomic E-state index is 0.249. The standard InChI is InChI=1S/C20H30O/c1-15(2)13-20(21)14-18(5)19-11-9-16(3)7-6-8-17(4)10-12-19/h8-9,11,13,18-19H,3,6-7,10,12,14H2,1-2,4-5H3/b11-9-,17-8-/t18-,19-/m1/s1. The number of allylic oxidation sites excluding steroid dienone is 7. The summed E-state index contributed by atoms with van der Waals surface area (Å²) in [5, 5.41) is 0. The summed E-state index contributed by atoms with van der Waals surface area (Å²) in [6.45, 7) is 12.5. The molecule has 0 saturated heterocycles. The summed E-state index contributed by atoms with van der Waals surface area (Å²) in [5.74, 6) is 1.08. The Balaban J connectivity index is 2.74. The van der Waals surface area contributed by atoms with Crippen LogP contribution in [0.1, 0.15) is 59.8 Å². The minimum Gasteiger partial charge on any atom is -0.295 e. The van der Waals surface area contributed by atoms with Gasteiger partial charge in [-0.15, -0.1) is 0 Å². The molecule has 0 amide bonds. The lowest BCUT2D eigenvalue weighted by atomic mass is 9.84. The van der Waals surface area contributed by atoms with E-state index in [0.717, 1.165) is 31.3 Å². The van der Waals surface area contributed by atoms with E-state index in [-0.39, 0.29) is 5.78 Å². The normalized spacial score (nSPS) is 25.4. The summed E-state index contributed by atoms with van der Waals surface area (Å²) in [6.07, 6.45) is 13.6. The Morgan fingerprint density at radius 2 is 2.14 bits per heavy atom. The maximum absolute atomic E-state index is 12.0. The molecule has 0 fully saturated rings. The summed E-state index contributed by atoms with van der Waals surface area (Å²) in [7, 11) is 0. The van der Waals surface area contributed by atoms with E-state index in [1.54, 1.807) is 6.08 Å². The van der Waals surface area contributed by atoms with Gasteiger partial charge in [0.1, 0.15) is 0 Å². The van der Waals surface area contributed by atoms with Crippen molar-refractivity contribution >= 4 is 5.78 Å². The number of rotatable bonds is 4. The summed E-state index contributed by atoms with van der Waals surface area (Å²) < 4.78 is 0. The van der Waals surface area contributed by atoms with Crippen LogP contribution >= 0.6 is 0 Å². The van der Waals surface area contributed by atoms with Crippen molar-refractivity contribution in [3.63, 3.8) is 0 Å². The smallest absolute Gasteiger partial charge is 0.155 e. The Kier molecular flexibility index (Phi) is 7.42. The van der Waals surface area contributed by atoms with E-state index in [1.807, 2.05) is 13.8 Å². The zero-order valence-electron chi connectivity index (χ0n) is 14.1. The second kappa shape index (κ2) is 8.81. The third-order valence-corrected chi connectivity index (χ3v) is 4.11. The monoisotopic (exact) mass is 286 g/mol. The second-order valence-corrected chi connectivity index (χ2v) is 6.68. The lowest BCUT2D eigenvalue weighted by Crippen LogP contribution is -2.14. The van der Waals surface area contributed by atoms with Gasteiger partial charge in [-0.25, -0.2) is 0 Å². The number of ketones is 1. The predicted molar refractivity (Wildman–Crippen MR) is 92.2 cm³/mol. The first-order valence-corrected chi connectivity index (χ1v) is 8.08. The second-order valence-electron chi connectivity index (χ2n) is 6.68. The van der Waals surface area contributed by atoms with Crippen molar-refractivity contribution < 1.29 is 4.79 Å². The van der Waals surface area contributed by atoms with Gasteiger partial charge in [-0.2, -0.15) is 0 Å². The molecule has 0 aromatic heterocycles. The van der Waals surface area contributed by atoms with E-state index < -0.39 is 0 Å². The molecule has 0 N–H and O–H groups in total. The van der Waals surface area contributed by atoms with Crippen LogP contribution in [0, 0.1) is 11.8 Å². The van der Waals surface area contributed by atoms with Crippen molar-refractivity contribution in [2.75, 3.05) is 0 Å². The van der Waals surface area contributed by atoms with Crippen LogP contribution in [0.15, 0.2) is 47.6 Å². The van der Waals surface area contributed by atoms with Crippen LogP contribution in [0.25, 0.3) is 0 Å². The van der Waals surface area contributed by atoms with Crippen LogP contribution < -0.4 is 0 Å². The van der Waals surface area contributed by atoms with Gasteiger partial charge in [0, 0.05) is 6.42 Å². The van der Waals surface area contributed by atoms with Crippen molar-refractivity contribution in [3.05, 3.63) is 47.6 Å². The Labute approximate surface area is 130 Å². The average Bonchev–Trinajstić information content (AvgIpc) is 2.37. The molecular formula is C20H30O. The Morgan fingerprint density at radius 3 is 2.81 bits per heavy atom. The van der Waals surface area contributed by atoms with Crippen LogP contribution in [0.5, 0.6) is 0 Å². The fraction of sp³-hybridized carbons (Fsp3) is 0.550. The first kappa shape index (κ1) is 17.7.